The predicted molar refractivity (Wildman–Crippen MR) is 115 cm³/mol. The number of para-hydroxylation sites is 1. The van der Waals surface area contributed by atoms with E-state index in [1.807, 2.05) is 48.2 Å². The lowest BCUT2D eigenvalue weighted by Gasteiger charge is -2.34. The fraction of sp³-hybridized carbons (Fsp3) is 0.273. The fourth-order valence-corrected chi connectivity index (χ4v) is 4.44. The summed E-state index contributed by atoms with van der Waals surface area (Å²) >= 11 is 6.28. The molecule has 2 aromatic carbocycles. The summed E-state index contributed by atoms with van der Waals surface area (Å²) < 4.78 is 0. The molecule has 7 nitrogen and oxygen atoms in total. The molecule has 5 rings (SSSR count). The molecule has 152 valence electrons. The minimum Gasteiger partial charge on any atom is -0.340 e. The summed E-state index contributed by atoms with van der Waals surface area (Å²) in [5.41, 5.74) is 3.39. The van der Waals surface area contributed by atoms with Crippen LogP contribution >= 0.6 is 11.6 Å². The van der Waals surface area contributed by atoms with E-state index in [1.54, 1.807) is 12.4 Å². The van der Waals surface area contributed by atoms with Crippen molar-refractivity contribution in [1.82, 2.24) is 29.9 Å². The Kier molecular flexibility index (Phi) is 4.36. The van der Waals surface area contributed by atoms with Crippen molar-refractivity contribution in [3.8, 4) is 5.69 Å². The summed E-state index contributed by atoms with van der Waals surface area (Å²) in [6.45, 7) is 4.69. The number of likely N-dealkylation sites (tertiary alicyclic amines) is 1. The number of amides is 1. The van der Waals surface area contributed by atoms with Crippen molar-refractivity contribution in [2.75, 3.05) is 6.54 Å². The van der Waals surface area contributed by atoms with Crippen LogP contribution in [-0.4, -0.2) is 42.3 Å². The number of nitrogens with one attached hydrogen (secondary N) is 1. The molecule has 0 saturated carbocycles. The van der Waals surface area contributed by atoms with Crippen LogP contribution in [0.3, 0.4) is 0 Å². The van der Waals surface area contributed by atoms with E-state index in [-0.39, 0.29) is 5.91 Å². The minimum absolute atomic E-state index is 0.0573. The van der Waals surface area contributed by atoms with E-state index in [4.69, 9.17) is 16.6 Å². The molecule has 1 saturated heterocycles. The molecular formula is C22H21ClN6O. The molecule has 1 atom stereocenters. The van der Waals surface area contributed by atoms with Gasteiger partial charge in [0, 0.05) is 11.6 Å². The van der Waals surface area contributed by atoms with Gasteiger partial charge in [-0.25, -0.2) is 4.98 Å². The Labute approximate surface area is 178 Å². The Bertz CT molecular complexity index is 1250. The maximum absolute atomic E-state index is 13.7. The number of rotatable bonds is 3. The molecule has 3 heterocycles. The molecule has 0 aliphatic carbocycles. The maximum atomic E-state index is 13.7. The quantitative estimate of drug-likeness (QED) is 0.537. The number of carbonyl (C=O) groups is 1. The van der Waals surface area contributed by atoms with E-state index in [1.165, 1.54) is 4.80 Å². The average molecular weight is 421 g/mol. The summed E-state index contributed by atoms with van der Waals surface area (Å²) in [7, 11) is 0. The van der Waals surface area contributed by atoms with E-state index in [0.717, 1.165) is 35.3 Å². The zero-order chi connectivity index (χ0) is 20.9. The molecule has 0 spiro atoms. The Morgan fingerprint density at radius 2 is 1.93 bits per heavy atom. The number of benzene rings is 2. The van der Waals surface area contributed by atoms with Crippen molar-refractivity contribution in [1.29, 1.82) is 0 Å². The first-order valence-corrected chi connectivity index (χ1v) is 10.3. The summed E-state index contributed by atoms with van der Waals surface area (Å²) in [4.78, 5) is 25.4. The van der Waals surface area contributed by atoms with E-state index in [9.17, 15) is 4.79 Å². The second-order valence-corrected chi connectivity index (χ2v) is 8.23. The number of fused-ring (bicyclic) bond motifs is 1. The number of H-pyrrole nitrogens is 1. The van der Waals surface area contributed by atoms with Crippen molar-refractivity contribution in [2.24, 2.45) is 0 Å². The van der Waals surface area contributed by atoms with Crippen LogP contribution in [0.5, 0.6) is 0 Å². The van der Waals surface area contributed by atoms with Gasteiger partial charge in [0.25, 0.3) is 5.91 Å². The highest BCUT2D eigenvalue weighted by atomic mass is 35.5. The molecule has 1 N–H and O–H groups in total. The molecule has 2 aromatic heterocycles. The molecule has 30 heavy (non-hydrogen) atoms. The van der Waals surface area contributed by atoms with Crippen LogP contribution in [0.4, 0.5) is 0 Å². The minimum atomic E-state index is -0.542. The number of imidazole rings is 1. The first-order valence-electron chi connectivity index (χ1n) is 9.92. The molecule has 0 unspecified atom stereocenters. The van der Waals surface area contributed by atoms with Crippen LogP contribution in [-0.2, 0) is 5.54 Å². The largest absolute Gasteiger partial charge is 0.340 e. The van der Waals surface area contributed by atoms with E-state index in [2.05, 4.69) is 22.1 Å². The predicted octanol–water partition coefficient (Wildman–Crippen LogP) is 4.26. The van der Waals surface area contributed by atoms with E-state index < -0.39 is 5.54 Å². The van der Waals surface area contributed by atoms with Gasteiger partial charge in [-0.15, -0.1) is 0 Å². The lowest BCUT2D eigenvalue weighted by molar-refractivity contribution is 0.0605. The highest BCUT2D eigenvalue weighted by molar-refractivity contribution is 6.32. The number of aromatic nitrogens is 5. The van der Waals surface area contributed by atoms with Gasteiger partial charge in [0.15, 0.2) is 0 Å². The molecule has 1 aliphatic rings. The molecule has 1 amide bonds. The van der Waals surface area contributed by atoms with Crippen molar-refractivity contribution in [3.63, 3.8) is 0 Å². The highest BCUT2D eigenvalue weighted by Crippen LogP contribution is 2.40. The number of halogens is 1. The number of carbonyl (C=O) groups excluding carboxylic acids is 1. The van der Waals surface area contributed by atoms with Gasteiger partial charge in [-0.2, -0.15) is 15.0 Å². The van der Waals surface area contributed by atoms with Gasteiger partial charge in [0.1, 0.15) is 5.82 Å². The van der Waals surface area contributed by atoms with Crippen LogP contribution in [0.1, 0.15) is 41.5 Å². The Balaban J connectivity index is 1.58. The lowest BCUT2D eigenvalue weighted by atomic mass is 9.97. The third-order valence-corrected chi connectivity index (χ3v) is 6.42. The van der Waals surface area contributed by atoms with Gasteiger partial charge >= 0.3 is 0 Å². The smallest absolute Gasteiger partial charge is 0.256 e. The van der Waals surface area contributed by atoms with Gasteiger partial charge in [-0.3, -0.25) is 4.79 Å². The molecular weight excluding hydrogens is 400 g/mol. The maximum Gasteiger partial charge on any atom is 0.256 e. The SMILES string of the molecule is Cc1c(Cl)ccc2[nH]c([C@]3(C)CCCN3C(=O)c3ccccc3-n3nccn3)nc12. The number of hydrogen-bond acceptors (Lipinski definition) is 4. The topological polar surface area (TPSA) is 79.7 Å². The Morgan fingerprint density at radius 3 is 2.73 bits per heavy atom. The second kappa shape index (κ2) is 6.95. The van der Waals surface area contributed by atoms with Crippen molar-refractivity contribution >= 4 is 28.5 Å². The van der Waals surface area contributed by atoms with E-state index in [0.29, 0.717) is 22.8 Å². The molecule has 1 aliphatic heterocycles. The molecule has 0 radical (unpaired) electrons. The number of aryl methyl sites for hydroxylation is 1. The van der Waals surface area contributed by atoms with Gasteiger partial charge in [-0.1, -0.05) is 23.7 Å². The summed E-state index contributed by atoms with van der Waals surface area (Å²) in [5.74, 6) is 0.724. The van der Waals surface area contributed by atoms with Gasteiger partial charge in [0.2, 0.25) is 0 Å². The first-order chi connectivity index (χ1) is 14.5. The second-order valence-electron chi connectivity index (χ2n) is 7.82. The lowest BCUT2D eigenvalue weighted by Crippen LogP contribution is -2.44. The molecule has 8 heteroatoms. The number of nitrogens with zero attached hydrogens (tertiary/aromatic N) is 5. The number of hydrogen-bond donors (Lipinski definition) is 1. The van der Waals surface area contributed by atoms with Crippen molar-refractivity contribution in [2.45, 2.75) is 32.2 Å². The van der Waals surface area contributed by atoms with Crippen LogP contribution in [0.25, 0.3) is 16.7 Å². The van der Waals surface area contributed by atoms with Crippen molar-refractivity contribution < 1.29 is 4.79 Å². The first kappa shape index (κ1) is 18.8. The average Bonchev–Trinajstić information content (AvgIpc) is 3.50. The van der Waals surface area contributed by atoms with Crippen molar-refractivity contribution in [3.05, 3.63) is 70.8 Å². The summed E-state index contributed by atoms with van der Waals surface area (Å²) in [5, 5.41) is 9.09. The normalized spacial score (nSPS) is 19.0. The van der Waals surface area contributed by atoms with E-state index >= 15 is 0 Å². The highest BCUT2D eigenvalue weighted by Gasteiger charge is 2.44. The van der Waals surface area contributed by atoms with Crippen LogP contribution in [0.2, 0.25) is 5.02 Å². The Morgan fingerprint density at radius 1 is 1.17 bits per heavy atom. The van der Waals surface area contributed by atoms with Crippen LogP contribution < -0.4 is 0 Å². The third kappa shape index (κ3) is 2.81. The van der Waals surface area contributed by atoms with Gasteiger partial charge in [0.05, 0.1) is 40.2 Å². The molecule has 0 bridgehead atoms. The van der Waals surface area contributed by atoms with Gasteiger partial charge < -0.3 is 9.88 Å². The zero-order valence-electron chi connectivity index (χ0n) is 16.8. The fourth-order valence-electron chi connectivity index (χ4n) is 4.29. The zero-order valence-corrected chi connectivity index (χ0v) is 17.5. The molecule has 4 aromatic rings. The standard InChI is InChI=1S/C22H21ClN6O/c1-14-16(23)8-9-17-19(14)27-21(26-17)22(2)10-5-13-28(22)20(30)15-6-3-4-7-18(15)29-24-11-12-25-29/h3-4,6-9,11-12H,5,10,13H2,1-2H3,(H,26,27)/t22-/m0/s1. The third-order valence-electron chi connectivity index (χ3n) is 6.01. The summed E-state index contributed by atoms with van der Waals surface area (Å²) in [6, 6.07) is 11.2. The van der Waals surface area contributed by atoms with Crippen LogP contribution in [0, 0.1) is 6.92 Å². The van der Waals surface area contributed by atoms with Crippen LogP contribution in [0.15, 0.2) is 48.8 Å². The van der Waals surface area contributed by atoms with Gasteiger partial charge in [-0.05, 0) is 56.5 Å². The number of aromatic amines is 1. The monoisotopic (exact) mass is 420 g/mol. The Hall–Kier alpha value is -3.19. The summed E-state index contributed by atoms with van der Waals surface area (Å²) in [6.07, 6.45) is 4.93. The molecule has 1 fully saturated rings.